The molecule has 0 radical (unpaired) electrons. The van der Waals surface area contributed by atoms with Crippen molar-refractivity contribution in [2.45, 2.75) is 13.5 Å². The Balaban J connectivity index is 3.02. The van der Waals surface area contributed by atoms with Crippen molar-refractivity contribution in [2.75, 3.05) is 0 Å². The maximum absolute atomic E-state index is 11.6. The van der Waals surface area contributed by atoms with Crippen molar-refractivity contribution >= 4 is 37.8 Å². The van der Waals surface area contributed by atoms with E-state index in [1.807, 2.05) is 0 Å². The number of halogens is 2. The van der Waals surface area contributed by atoms with Crippen molar-refractivity contribution in [3.63, 3.8) is 0 Å². The highest BCUT2D eigenvalue weighted by molar-refractivity contribution is 9.13. The van der Waals surface area contributed by atoms with Gasteiger partial charge in [-0.2, -0.15) is 5.10 Å². The minimum absolute atomic E-state index is 0.181. The minimum atomic E-state index is -0.456. The molecule has 1 atom stereocenters. The Bertz CT molecular complexity index is 444. The first-order valence-electron chi connectivity index (χ1n) is 4.14. The van der Waals surface area contributed by atoms with Crippen LogP contribution in [-0.4, -0.2) is 15.7 Å². The molecule has 1 aromatic rings. The highest BCUT2D eigenvalue weighted by Gasteiger charge is 2.13. The summed E-state index contributed by atoms with van der Waals surface area (Å²) in [5.74, 6) is -0.883. The van der Waals surface area contributed by atoms with Crippen molar-refractivity contribution < 1.29 is 4.79 Å². The first kappa shape index (κ1) is 12.4. The number of rotatable bonds is 3. The average molecular weight is 339 g/mol. The summed E-state index contributed by atoms with van der Waals surface area (Å²) in [5, 5.41) is 3.88. The van der Waals surface area contributed by atoms with Gasteiger partial charge in [-0.1, -0.05) is 6.92 Å². The van der Waals surface area contributed by atoms with Gasteiger partial charge in [-0.15, -0.1) is 0 Å². The molecule has 0 spiro atoms. The molecule has 1 heterocycles. The molecule has 1 amide bonds. The second-order valence-electron chi connectivity index (χ2n) is 3.10. The lowest BCUT2D eigenvalue weighted by molar-refractivity contribution is -0.121. The number of hydrogen-bond acceptors (Lipinski definition) is 3. The number of carbonyl (C=O) groups is 1. The van der Waals surface area contributed by atoms with Crippen LogP contribution in [0.15, 0.2) is 19.9 Å². The lowest BCUT2D eigenvalue weighted by Gasteiger charge is -2.09. The molecule has 0 bridgehead atoms. The number of nitrogens with two attached hydrogens (primary N) is 1. The highest BCUT2D eigenvalue weighted by atomic mass is 79.9. The van der Waals surface area contributed by atoms with Crippen LogP contribution in [-0.2, 0) is 11.3 Å². The van der Waals surface area contributed by atoms with Crippen LogP contribution in [0.2, 0.25) is 0 Å². The van der Waals surface area contributed by atoms with Crippen LogP contribution in [0.1, 0.15) is 6.92 Å². The molecule has 1 unspecified atom stereocenters. The predicted molar refractivity (Wildman–Crippen MR) is 62.3 cm³/mol. The summed E-state index contributed by atoms with van der Waals surface area (Å²) in [6.07, 6.45) is 1.49. The molecule has 2 N–H and O–H groups in total. The summed E-state index contributed by atoms with van der Waals surface area (Å²) in [6.45, 7) is 1.83. The van der Waals surface area contributed by atoms with Crippen LogP contribution in [0.25, 0.3) is 0 Å². The zero-order valence-electron chi connectivity index (χ0n) is 7.91. The Morgan fingerprint density at radius 3 is 2.80 bits per heavy atom. The summed E-state index contributed by atoms with van der Waals surface area (Å²) >= 11 is 6.28. The molecule has 7 heteroatoms. The van der Waals surface area contributed by atoms with Crippen molar-refractivity contribution in [3.8, 4) is 0 Å². The SMILES string of the molecule is CC(Cn1ncc(Br)c(Br)c1=O)C(N)=O. The topological polar surface area (TPSA) is 78.0 Å². The van der Waals surface area contributed by atoms with E-state index in [1.165, 1.54) is 10.9 Å². The van der Waals surface area contributed by atoms with Crippen molar-refractivity contribution in [1.82, 2.24) is 9.78 Å². The minimum Gasteiger partial charge on any atom is -0.369 e. The van der Waals surface area contributed by atoms with E-state index in [4.69, 9.17) is 5.73 Å². The molecule has 0 fully saturated rings. The molecule has 82 valence electrons. The largest absolute Gasteiger partial charge is 0.369 e. The molecule has 0 aliphatic rings. The fourth-order valence-electron chi connectivity index (χ4n) is 0.924. The molecule has 1 aromatic heterocycles. The van der Waals surface area contributed by atoms with Crippen molar-refractivity contribution in [3.05, 3.63) is 25.5 Å². The molecule has 15 heavy (non-hydrogen) atoms. The number of carbonyl (C=O) groups excluding carboxylic acids is 1. The van der Waals surface area contributed by atoms with E-state index in [0.717, 1.165) is 0 Å². The molecule has 0 saturated heterocycles. The van der Waals surface area contributed by atoms with E-state index in [1.54, 1.807) is 6.92 Å². The predicted octanol–water partition coefficient (Wildman–Crippen LogP) is 0.890. The number of nitrogens with zero attached hydrogens (tertiary/aromatic N) is 2. The van der Waals surface area contributed by atoms with E-state index in [-0.39, 0.29) is 12.1 Å². The number of hydrogen-bond donors (Lipinski definition) is 1. The van der Waals surface area contributed by atoms with Gasteiger partial charge in [-0.25, -0.2) is 4.68 Å². The van der Waals surface area contributed by atoms with Crippen molar-refractivity contribution in [1.29, 1.82) is 0 Å². The lowest BCUT2D eigenvalue weighted by Crippen LogP contribution is -2.31. The molecule has 0 aliphatic carbocycles. The second kappa shape index (κ2) is 4.89. The van der Waals surface area contributed by atoms with E-state index in [2.05, 4.69) is 37.0 Å². The van der Waals surface area contributed by atoms with Gasteiger partial charge in [0.15, 0.2) is 0 Å². The molecular formula is C8H9Br2N3O2. The fraction of sp³-hybridized carbons (Fsp3) is 0.375. The Morgan fingerprint density at radius 2 is 2.27 bits per heavy atom. The van der Waals surface area contributed by atoms with Gasteiger partial charge >= 0.3 is 0 Å². The molecule has 1 rings (SSSR count). The van der Waals surface area contributed by atoms with Gasteiger partial charge < -0.3 is 5.73 Å². The monoisotopic (exact) mass is 337 g/mol. The number of amides is 1. The normalized spacial score (nSPS) is 12.5. The first-order chi connectivity index (χ1) is 6.93. The maximum Gasteiger partial charge on any atom is 0.282 e. The summed E-state index contributed by atoms with van der Waals surface area (Å²) in [7, 11) is 0. The van der Waals surface area contributed by atoms with E-state index < -0.39 is 11.8 Å². The Morgan fingerprint density at radius 1 is 1.67 bits per heavy atom. The van der Waals surface area contributed by atoms with Gasteiger partial charge in [-0.05, 0) is 31.9 Å². The van der Waals surface area contributed by atoms with Crippen LogP contribution in [0.5, 0.6) is 0 Å². The first-order valence-corrected chi connectivity index (χ1v) is 5.72. The van der Waals surface area contributed by atoms with Gasteiger partial charge in [-0.3, -0.25) is 9.59 Å². The van der Waals surface area contributed by atoms with E-state index >= 15 is 0 Å². The number of primary amides is 1. The van der Waals surface area contributed by atoms with Crippen LogP contribution >= 0.6 is 31.9 Å². The van der Waals surface area contributed by atoms with Gasteiger partial charge in [0.05, 0.1) is 23.1 Å². The Labute approximate surface area is 103 Å². The van der Waals surface area contributed by atoms with Gasteiger partial charge in [0.1, 0.15) is 4.47 Å². The van der Waals surface area contributed by atoms with Crippen LogP contribution in [0, 0.1) is 5.92 Å². The van der Waals surface area contributed by atoms with Crippen molar-refractivity contribution in [2.24, 2.45) is 11.7 Å². The Hall–Kier alpha value is -0.690. The summed E-state index contributed by atoms with van der Waals surface area (Å²) in [5.41, 5.74) is 4.80. The summed E-state index contributed by atoms with van der Waals surface area (Å²) < 4.78 is 2.16. The maximum atomic E-state index is 11.6. The van der Waals surface area contributed by atoms with Crippen LogP contribution < -0.4 is 11.3 Å². The third-order valence-corrected chi connectivity index (χ3v) is 3.77. The quantitative estimate of drug-likeness (QED) is 0.889. The molecule has 0 aromatic carbocycles. The van der Waals surface area contributed by atoms with E-state index in [9.17, 15) is 9.59 Å². The lowest BCUT2D eigenvalue weighted by atomic mass is 10.2. The second-order valence-corrected chi connectivity index (χ2v) is 4.74. The molecular weight excluding hydrogens is 330 g/mol. The Kier molecular flexibility index (Phi) is 4.04. The summed E-state index contributed by atoms with van der Waals surface area (Å²) in [6, 6.07) is 0. The summed E-state index contributed by atoms with van der Waals surface area (Å²) in [4.78, 5) is 22.4. The van der Waals surface area contributed by atoms with E-state index in [0.29, 0.717) is 8.95 Å². The molecule has 5 nitrogen and oxygen atoms in total. The fourth-order valence-corrected chi connectivity index (χ4v) is 1.49. The smallest absolute Gasteiger partial charge is 0.282 e. The zero-order valence-corrected chi connectivity index (χ0v) is 11.1. The van der Waals surface area contributed by atoms with Gasteiger partial charge in [0.25, 0.3) is 5.56 Å². The third-order valence-electron chi connectivity index (χ3n) is 1.87. The van der Waals surface area contributed by atoms with Crippen LogP contribution in [0.4, 0.5) is 0 Å². The third kappa shape index (κ3) is 2.88. The average Bonchev–Trinajstić information content (AvgIpc) is 2.18. The zero-order chi connectivity index (χ0) is 11.6. The van der Waals surface area contributed by atoms with Gasteiger partial charge in [0, 0.05) is 0 Å². The molecule has 0 aliphatic heterocycles. The van der Waals surface area contributed by atoms with Crippen LogP contribution in [0.3, 0.4) is 0 Å². The van der Waals surface area contributed by atoms with Gasteiger partial charge in [0.2, 0.25) is 5.91 Å². The standard InChI is InChI=1S/C8H9Br2N3O2/c1-4(7(11)14)3-13-8(15)6(10)5(9)2-12-13/h2,4H,3H2,1H3,(H2,11,14). The highest BCUT2D eigenvalue weighted by Crippen LogP contribution is 2.16. The molecule has 0 saturated carbocycles. The number of aromatic nitrogens is 2.